The monoisotopic (exact) mass is 254 g/mol. The fourth-order valence-electron chi connectivity index (χ4n) is 1.10. The molecule has 1 aromatic heterocycles. The summed E-state index contributed by atoms with van der Waals surface area (Å²) in [6, 6.07) is 0.715. The molecule has 1 heterocycles. The summed E-state index contributed by atoms with van der Waals surface area (Å²) in [6.07, 6.45) is -5.81. The van der Waals surface area contributed by atoms with Crippen molar-refractivity contribution < 1.29 is 22.0 Å². The largest absolute Gasteiger partial charge is 0.459 e. The second-order valence-electron chi connectivity index (χ2n) is 3.51. The van der Waals surface area contributed by atoms with Crippen LogP contribution < -0.4 is 0 Å². The van der Waals surface area contributed by atoms with Crippen LogP contribution in [0.25, 0.3) is 0 Å². The van der Waals surface area contributed by atoms with Gasteiger partial charge < -0.3 is 0 Å². The third-order valence-corrected chi connectivity index (χ3v) is 1.94. The quantitative estimate of drug-likeness (QED) is 0.761. The number of nitriles is 1. The van der Waals surface area contributed by atoms with Gasteiger partial charge in [-0.2, -0.15) is 27.2 Å². The van der Waals surface area contributed by atoms with Crippen LogP contribution in [-0.2, 0) is 5.92 Å². The van der Waals surface area contributed by atoms with Crippen LogP contribution in [0.1, 0.15) is 31.3 Å². The van der Waals surface area contributed by atoms with Crippen LogP contribution >= 0.6 is 0 Å². The summed E-state index contributed by atoms with van der Waals surface area (Å²) in [6.45, 7) is 2.95. The van der Waals surface area contributed by atoms with Gasteiger partial charge in [-0.25, -0.2) is 4.68 Å². The summed E-state index contributed by atoms with van der Waals surface area (Å²) in [5.41, 5.74) is -2.55. The summed E-state index contributed by atoms with van der Waals surface area (Å²) in [5.74, 6) is -5.19. The second-order valence-corrected chi connectivity index (χ2v) is 3.51. The summed E-state index contributed by atoms with van der Waals surface area (Å²) in [7, 11) is 0. The van der Waals surface area contributed by atoms with Crippen LogP contribution in [-0.4, -0.2) is 21.2 Å². The number of hydrogen-bond acceptors (Lipinski definition) is 3. The zero-order chi connectivity index (χ0) is 13.4. The predicted molar refractivity (Wildman–Crippen MR) is 45.1 cm³/mol. The van der Waals surface area contributed by atoms with Gasteiger partial charge in [-0.15, -0.1) is 5.10 Å². The highest BCUT2D eigenvalue weighted by Gasteiger charge is 2.62. The van der Waals surface area contributed by atoms with Crippen molar-refractivity contribution in [1.29, 1.82) is 5.26 Å². The van der Waals surface area contributed by atoms with Crippen molar-refractivity contribution in [3.63, 3.8) is 0 Å². The molecule has 1 rings (SSSR count). The van der Waals surface area contributed by atoms with Gasteiger partial charge in [0.15, 0.2) is 11.4 Å². The fraction of sp³-hybridized carbons (Fsp3) is 0.625. The molecule has 1 aromatic rings. The second kappa shape index (κ2) is 3.94. The van der Waals surface area contributed by atoms with Crippen molar-refractivity contribution in [2.75, 3.05) is 0 Å². The molecule has 0 aliphatic rings. The molecule has 0 atom stereocenters. The van der Waals surface area contributed by atoms with Gasteiger partial charge in [-0.1, -0.05) is 5.21 Å². The Morgan fingerprint density at radius 1 is 1.24 bits per heavy atom. The first-order chi connectivity index (χ1) is 7.63. The van der Waals surface area contributed by atoms with Crippen LogP contribution in [0.5, 0.6) is 0 Å². The van der Waals surface area contributed by atoms with Gasteiger partial charge in [0.1, 0.15) is 6.07 Å². The molecule has 0 bridgehead atoms. The molecule has 0 unspecified atom stereocenters. The van der Waals surface area contributed by atoms with Crippen LogP contribution in [0.15, 0.2) is 0 Å². The third kappa shape index (κ3) is 2.07. The van der Waals surface area contributed by atoms with E-state index in [-0.39, 0.29) is 0 Å². The molecule has 0 spiro atoms. The molecular weight excluding hydrogens is 247 g/mol. The minimum atomic E-state index is -5.81. The molecule has 0 fully saturated rings. The van der Waals surface area contributed by atoms with Gasteiger partial charge in [-0.3, -0.25) is 0 Å². The zero-order valence-corrected chi connectivity index (χ0v) is 8.76. The molecular formula is C8H7F5N4. The summed E-state index contributed by atoms with van der Waals surface area (Å²) in [5, 5.41) is 14.5. The van der Waals surface area contributed by atoms with Crippen molar-refractivity contribution in [2.45, 2.75) is 32.0 Å². The molecule has 0 saturated carbocycles. The van der Waals surface area contributed by atoms with Gasteiger partial charge >= 0.3 is 12.1 Å². The van der Waals surface area contributed by atoms with E-state index in [1.165, 1.54) is 19.9 Å². The molecule has 0 aliphatic heterocycles. The Morgan fingerprint density at radius 3 is 2.12 bits per heavy atom. The SMILES string of the molecule is CC(C)n1nnc(C(F)(F)C(F)(F)F)c1C#N. The Labute approximate surface area is 92.6 Å². The molecule has 0 radical (unpaired) electrons. The van der Waals surface area contributed by atoms with E-state index in [1.54, 1.807) is 0 Å². The first-order valence-corrected chi connectivity index (χ1v) is 4.43. The lowest BCUT2D eigenvalue weighted by atomic mass is 10.2. The van der Waals surface area contributed by atoms with Crippen molar-refractivity contribution in [1.82, 2.24) is 15.0 Å². The summed E-state index contributed by atoms with van der Waals surface area (Å²) >= 11 is 0. The maximum absolute atomic E-state index is 13.0. The van der Waals surface area contributed by atoms with Crippen molar-refractivity contribution >= 4 is 0 Å². The molecule has 0 saturated heterocycles. The van der Waals surface area contributed by atoms with Crippen LogP contribution in [0.4, 0.5) is 22.0 Å². The highest BCUT2D eigenvalue weighted by Crippen LogP contribution is 2.44. The molecule has 0 aromatic carbocycles. The molecule has 94 valence electrons. The topological polar surface area (TPSA) is 54.5 Å². The normalized spacial score (nSPS) is 12.9. The number of halogens is 5. The number of aromatic nitrogens is 3. The predicted octanol–water partition coefficient (Wildman–Crippen LogP) is 2.38. The summed E-state index contributed by atoms with van der Waals surface area (Å²) in [4.78, 5) is 0. The van der Waals surface area contributed by atoms with Crippen LogP contribution in [0.3, 0.4) is 0 Å². The van der Waals surface area contributed by atoms with E-state index in [1.807, 2.05) is 0 Å². The molecule has 0 aliphatic carbocycles. The lowest BCUT2D eigenvalue weighted by molar-refractivity contribution is -0.291. The first-order valence-electron chi connectivity index (χ1n) is 4.43. The standard InChI is InChI=1S/C8H7F5N4/c1-4(2)17-5(3-14)6(15-16-17)7(9,10)8(11,12)13/h4H,1-2H3. The molecule has 17 heavy (non-hydrogen) atoms. The number of hydrogen-bond donors (Lipinski definition) is 0. The van der Waals surface area contributed by atoms with Crippen molar-refractivity contribution in [3.05, 3.63) is 11.4 Å². The van der Waals surface area contributed by atoms with E-state index in [4.69, 9.17) is 5.26 Å². The van der Waals surface area contributed by atoms with Crippen LogP contribution in [0.2, 0.25) is 0 Å². The number of rotatable bonds is 2. The van der Waals surface area contributed by atoms with E-state index in [9.17, 15) is 22.0 Å². The Bertz CT molecular complexity index is 453. The minimum Gasteiger partial charge on any atom is -0.232 e. The van der Waals surface area contributed by atoms with E-state index >= 15 is 0 Å². The lowest BCUT2D eigenvalue weighted by Crippen LogP contribution is -2.35. The smallest absolute Gasteiger partial charge is 0.232 e. The average molecular weight is 254 g/mol. The van der Waals surface area contributed by atoms with Gasteiger partial charge in [0.2, 0.25) is 0 Å². The van der Waals surface area contributed by atoms with E-state index < -0.39 is 29.5 Å². The van der Waals surface area contributed by atoms with Crippen LogP contribution in [0, 0.1) is 11.3 Å². The van der Waals surface area contributed by atoms with E-state index in [0.29, 0.717) is 0 Å². The van der Waals surface area contributed by atoms with Crippen molar-refractivity contribution in [2.24, 2.45) is 0 Å². The molecule has 9 heteroatoms. The molecule has 0 amide bonds. The molecule has 0 N–H and O–H groups in total. The van der Waals surface area contributed by atoms with Crippen molar-refractivity contribution in [3.8, 4) is 6.07 Å². The zero-order valence-electron chi connectivity index (χ0n) is 8.76. The average Bonchev–Trinajstić information content (AvgIpc) is 2.59. The Morgan fingerprint density at radius 2 is 1.76 bits per heavy atom. The highest BCUT2D eigenvalue weighted by atomic mass is 19.4. The number of nitrogens with zero attached hydrogens (tertiary/aromatic N) is 4. The van der Waals surface area contributed by atoms with E-state index in [0.717, 1.165) is 4.68 Å². The van der Waals surface area contributed by atoms with Gasteiger partial charge in [0.25, 0.3) is 0 Å². The fourth-order valence-corrected chi connectivity index (χ4v) is 1.10. The lowest BCUT2D eigenvalue weighted by Gasteiger charge is -2.17. The third-order valence-electron chi connectivity index (χ3n) is 1.94. The van der Waals surface area contributed by atoms with Gasteiger partial charge in [0.05, 0.1) is 0 Å². The Balaban J connectivity index is 3.40. The maximum atomic E-state index is 13.0. The molecule has 4 nitrogen and oxygen atoms in total. The van der Waals surface area contributed by atoms with Gasteiger partial charge in [-0.05, 0) is 13.8 Å². The van der Waals surface area contributed by atoms with E-state index in [2.05, 4.69) is 10.3 Å². The Kier molecular flexibility index (Phi) is 3.09. The first kappa shape index (κ1) is 13.3. The maximum Gasteiger partial charge on any atom is 0.459 e. The minimum absolute atomic E-state index is 0.546. The summed E-state index contributed by atoms with van der Waals surface area (Å²) < 4.78 is 63.0. The highest BCUT2D eigenvalue weighted by molar-refractivity contribution is 5.30. The number of alkyl halides is 5. The van der Waals surface area contributed by atoms with Gasteiger partial charge in [0, 0.05) is 6.04 Å². The Hall–Kier alpha value is -1.72.